The lowest BCUT2D eigenvalue weighted by Crippen LogP contribution is -2.39. The van der Waals surface area contributed by atoms with Gasteiger partial charge in [0, 0.05) is 15.1 Å². The summed E-state index contributed by atoms with van der Waals surface area (Å²) in [6.45, 7) is 4.50. The number of hydrogen-bond donors (Lipinski definition) is 1. The minimum absolute atomic E-state index is 0.462. The number of rotatable bonds is 3. The molecule has 0 aromatic heterocycles. The van der Waals surface area contributed by atoms with Gasteiger partial charge in [-0.05, 0) is 35.4 Å². The van der Waals surface area contributed by atoms with Gasteiger partial charge in [0.05, 0.1) is 0 Å². The largest absolute Gasteiger partial charge is 0.260 e. The van der Waals surface area contributed by atoms with Gasteiger partial charge in [-0.1, -0.05) is 20.3 Å². The van der Waals surface area contributed by atoms with Gasteiger partial charge in [0.15, 0.2) is 0 Å². The van der Waals surface area contributed by atoms with Crippen LogP contribution in [0.5, 0.6) is 0 Å². The van der Waals surface area contributed by atoms with E-state index in [4.69, 9.17) is 11.2 Å². The zero-order valence-electron chi connectivity index (χ0n) is 7.17. The summed E-state index contributed by atoms with van der Waals surface area (Å²) in [4.78, 5) is 0. The summed E-state index contributed by atoms with van der Waals surface area (Å²) in [6.07, 6.45) is 3.74. The fraction of sp³-hybridized carbons (Fsp3) is 1.00. The Bertz CT molecular complexity index is 198. The molecule has 0 bridgehead atoms. The summed E-state index contributed by atoms with van der Waals surface area (Å²) < 4.78 is 10.8. The standard InChI is InChI=1S/C8H16OS2/c1-3-8(2)5-4-7(8)6-11(9)10/h7,11H,3-6H2,1-2H3/t7?,8-/m1/s1. The molecule has 3 atom stereocenters. The third-order valence-corrected chi connectivity index (χ3v) is 4.41. The summed E-state index contributed by atoms with van der Waals surface area (Å²) in [5, 5.41) is 0. The summed E-state index contributed by atoms with van der Waals surface area (Å²) in [5.41, 5.74) is 0.462. The van der Waals surface area contributed by atoms with Crippen molar-refractivity contribution in [2.45, 2.75) is 33.1 Å². The number of hydrogen-bond acceptors (Lipinski definition) is 2. The maximum absolute atomic E-state index is 10.8. The lowest BCUT2D eigenvalue weighted by molar-refractivity contribution is 0.0648. The Hall–Kier alpha value is 0.370. The average Bonchev–Trinajstić information content (AvgIpc) is 1.96. The highest BCUT2D eigenvalue weighted by Gasteiger charge is 2.40. The molecule has 3 heteroatoms. The third-order valence-electron chi connectivity index (χ3n) is 3.23. The Morgan fingerprint density at radius 2 is 2.36 bits per heavy atom. The predicted octanol–water partition coefficient (Wildman–Crippen LogP) is 1.76. The molecule has 1 aliphatic rings. The van der Waals surface area contributed by atoms with E-state index in [1.54, 1.807) is 0 Å². The van der Waals surface area contributed by atoms with E-state index in [9.17, 15) is 4.21 Å². The van der Waals surface area contributed by atoms with Crippen LogP contribution in [0.25, 0.3) is 0 Å². The Balaban J connectivity index is 2.49. The van der Waals surface area contributed by atoms with Crippen molar-refractivity contribution in [3.63, 3.8) is 0 Å². The molecule has 0 aliphatic heterocycles. The lowest BCUT2D eigenvalue weighted by atomic mass is 9.61. The van der Waals surface area contributed by atoms with E-state index in [2.05, 4.69) is 13.8 Å². The van der Waals surface area contributed by atoms with Gasteiger partial charge < -0.3 is 0 Å². The molecule has 0 spiro atoms. The molecule has 1 nitrogen and oxygen atoms in total. The second kappa shape index (κ2) is 3.40. The van der Waals surface area contributed by atoms with E-state index in [0.717, 1.165) is 5.75 Å². The van der Waals surface area contributed by atoms with Crippen molar-refractivity contribution in [1.82, 2.24) is 0 Å². The van der Waals surface area contributed by atoms with Crippen LogP contribution in [0.2, 0.25) is 0 Å². The van der Waals surface area contributed by atoms with Gasteiger partial charge >= 0.3 is 0 Å². The first-order chi connectivity index (χ1) is 5.08. The summed E-state index contributed by atoms with van der Waals surface area (Å²) in [7, 11) is -1.33. The molecule has 11 heavy (non-hydrogen) atoms. The smallest absolute Gasteiger partial charge is 0.0265 e. The molecule has 0 heterocycles. The molecular weight excluding hydrogens is 176 g/mol. The van der Waals surface area contributed by atoms with E-state index in [-0.39, 0.29) is 0 Å². The van der Waals surface area contributed by atoms with Crippen LogP contribution in [0.3, 0.4) is 0 Å². The first kappa shape index (κ1) is 9.46. The molecule has 0 N–H and O–H groups in total. The number of thiol groups is 1. The average molecular weight is 192 g/mol. The van der Waals surface area contributed by atoms with E-state index in [0.29, 0.717) is 11.3 Å². The van der Waals surface area contributed by atoms with Gasteiger partial charge in [-0.2, -0.15) is 0 Å². The van der Waals surface area contributed by atoms with Gasteiger partial charge in [0.1, 0.15) is 0 Å². The van der Waals surface area contributed by atoms with Crippen molar-refractivity contribution >= 4 is 20.5 Å². The molecule has 1 fully saturated rings. The highest BCUT2D eigenvalue weighted by Crippen LogP contribution is 2.48. The molecule has 0 aromatic carbocycles. The highest BCUT2D eigenvalue weighted by molar-refractivity contribution is 8.21. The lowest BCUT2D eigenvalue weighted by Gasteiger charge is -2.46. The van der Waals surface area contributed by atoms with Crippen LogP contribution in [0.4, 0.5) is 0 Å². The zero-order valence-corrected chi connectivity index (χ0v) is 8.88. The van der Waals surface area contributed by atoms with Crippen molar-refractivity contribution in [2.75, 3.05) is 5.75 Å². The van der Waals surface area contributed by atoms with Gasteiger partial charge in [0.25, 0.3) is 0 Å². The van der Waals surface area contributed by atoms with E-state index in [1.165, 1.54) is 19.3 Å². The second-order valence-electron chi connectivity index (χ2n) is 3.76. The molecule has 1 rings (SSSR count). The Morgan fingerprint density at radius 1 is 1.73 bits per heavy atom. The van der Waals surface area contributed by atoms with Crippen LogP contribution < -0.4 is 0 Å². The molecule has 0 radical (unpaired) electrons. The van der Waals surface area contributed by atoms with Crippen molar-refractivity contribution in [3.05, 3.63) is 0 Å². The SMILES string of the molecule is CC[C@]1(C)CCC1C[SH](=O)=S. The molecule has 0 aromatic rings. The van der Waals surface area contributed by atoms with E-state index < -0.39 is 9.36 Å². The zero-order chi connectivity index (χ0) is 8.48. The minimum Gasteiger partial charge on any atom is -0.260 e. The van der Waals surface area contributed by atoms with Crippen molar-refractivity contribution in [3.8, 4) is 0 Å². The monoisotopic (exact) mass is 192 g/mol. The van der Waals surface area contributed by atoms with Crippen molar-refractivity contribution < 1.29 is 4.21 Å². The topological polar surface area (TPSA) is 17.1 Å². The van der Waals surface area contributed by atoms with Crippen LogP contribution in [-0.4, -0.2) is 9.96 Å². The molecular formula is C8H16OS2. The van der Waals surface area contributed by atoms with Crippen molar-refractivity contribution in [2.24, 2.45) is 11.3 Å². The normalized spacial score (nSPS) is 39.6. The first-order valence-corrected chi connectivity index (χ1v) is 6.66. The quantitative estimate of drug-likeness (QED) is 0.686. The van der Waals surface area contributed by atoms with Crippen LogP contribution in [0.1, 0.15) is 33.1 Å². The second-order valence-corrected chi connectivity index (χ2v) is 6.01. The van der Waals surface area contributed by atoms with Crippen LogP contribution >= 0.6 is 0 Å². The molecule has 0 saturated heterocycles. The van der Waals surface area contributed by atoms with Gasteiger partial charge in [-0.15, -0.1) is 0 Å². The summed E-state index contributed by atoms with van der Waals surface area (Å²) in [6, 6.07) is 0. The van der Waals surface area contributed by atoms with Crippen molar-refractivity contribution in [1.29, 1.82) is 0 Å². The van der Waals surface area contributed by atoms with E-state index in [1.807, 2.05) is 0 Å². The van der Waals surface area contributed by atoms with Crippen LogP contribution in [0.15, 0.2) is 0 Å². The van der Waals surface area contributed by atoms with Crippen LogP contribution in [-0.2, 0) is 20.5 Å². The first-order valence-electron chi connectivity index (χ1n) is 4.20. The van der Waals surface area contributed by atoms with Gasteiger partial charge in [0.2, 0.25) is 0 Å². The molecule has 66 valence electrons. The van der Waals surface area contributed by atoms with Gasteiger partial charge in [-0.25, -0.2) is 0 Å². The third kappa shape index (κ3) is 1.94. The predicted molar refractivity (Wildman–Crippen MR) is 52.9 cm³/mol. The fourth-order valence-electron chi connectivity index (χ4n) is 1.80. The minimum atomic E-state index is -1.33. The maximum atomic E-state index is 10.8. The highest BCUT2D eigenvalue weighted by atomic mass is 32.8. The summed E-state index contributed by atoms with van der Waals surface area (Å²) >= 11 is 4.72. The van der Waals surface area contributed by atoms with Gasteiger partial charge in [-0.3, -0.25) is 4.21 Å². The Labute approximate surface area is 75.3 Å². The van der Waals surface area contributed by atoms with Crippen LogP contribution in [0, 0.1) is 11.3 Å². The summed E-state index contributed by atoms with van der Waals surface area (Å²) in [5.74, 6) is 1.42. The maximum Gasteiger partial charge on any atom is 0.0265 e. The molecule has 0 amide bonds. The molecule has 2 unspecified atom stereocenters. The Kier molecular flexibility index (Phi) is 2.92. The Morgan fingerprint density at radius 3 is 2.64 bits per heavy atom. The molecule has 1 aliphatic carbocycles. The van der Waals surface area contributed by atoms with E-state index >= 15 is 0 Å². The fourth-order valence-corrected chi connectivity index (χ4v) is 3.32. The molecule has 1 saturated carbocycles.